The number of amides is 3. The van der Waals surface area contributed by atoms with Crippen LogP contribution in [0.1, 0.15) is 38.2 Å². The topological polar surface area (TPSA) is 52.7 Å². The van der Waals surface area contributed by atoms with Gasteiger partial charge in [0, 0.05) is 38.1 Å². The van der Waals surface area contributed by atoms with E-state index in [1.54, 1.807) is 0 Å². The molecule has 1 aromatic carbocycles. The van der Waals surface area contributed by atoms with Crippen molar-refractivity contribution < 1.29 is 9.59 Å². The summed E-state index contributed by atoms with van der Waals surface area (Å²) >= 11 is 0. The molecule has 1 heterocycles. The van der Waals surface area contributed by atoms with Gasteiger partial charge in [-0.15, -0.1) is 0 Å². The van der Waals surface area contributed by atoms with Crippen molar-refractivity contribution in [2.24, 2.45) is 5.92 Å². The van der Waals surface area contributed by atoms with Gasteiger partial charge in [0.25, 0.3) is 0 Å². The van der Waals surface area contributed by atoms with Crippen LogP contribution in [0, 0.1) is 5.92 Å². The molecule has 2 aliphatic rings. The molecule has 0 spiro atoms. The highest BCUT2D eigenvalue weighted by atomic mass is 16.2. The number of carbonyl (C=O) groups excluding carboxylic acids is 2. The number of hydrogen-bond donors (Lipinski definition) is 1. The molecular weight excluding hydrogens is 314 g/mol. The maximum absolute atomic E-state index is 12.6. The summed E-state index contributed by atoms with van der Waals surface area (Å²) in [5, 5.41) is 3.18. The lowest BCUT2D eigenvalue weighted by molar-refractivity contribution is -0.132. The fourth-order valence-corrected chi connectivity index (χ4v) is 3.39. The van der Waals surface area contributed by atoms with Crippen LogP contribution in [0.5, 0.6) is 0 Å². The summed E-state index contributed by atoms with van der Waals surface area (Å²) < 4.78 is 0. The van der Waals surface area contributed by atoms with E-state index in [1.807, 2.05) is 28.0 Å². The van der Waals surface area contributed by atoms with Crippen LogP contribution in [0.3, 0.4) is 0 Å². The number of hydrogen-bond acceptors (Lipinski definition) is 2. The van der Waals surface area contributed by atoms with E-state index < -0.39 is 0 Å². The Bertz CT molecular complexity index is 586. The predicted molar refractivity (Wildman–Crippen MR) is 98.3 cm³/mol. The summed E-state index contributed by atoms with van der Waals surface area (Å²) in [5.41, 5.74) is 1.24. The molecule has 1 saturated heterocycles. The quantitative estimate of drug-likeness (QED) is 0.894. The molecule has 1 aliphatic carbocycles. The molecule has 5 nitrogen and oxygen atoms in total. The van der Waals surface area contributed by atoms with E-state index in [9.17, 15) is 9.59 Å². The predicted octanol–water partition coefficient (Wildman–Crippen LogP) is 2.66. The van der Waals surface area contributed by atoms with Crippen LogP contribution in [-0.2, 0) is 11.2 Å². The Morgan fingerprint density at radius 2 is 1.76 bits per heavy atom. The van der Waals surface area contributed by atoms with Crippen LogP contribution in [0.15, 0.2) is 30.3 Å². The third-order valence-electron chi connectivity index (χ3n) is 5.17. The van der Waals surface area contributed by atoms with Gasteiger partial charge in [0.2, 0.25) is 5.91 Å². The maximum atomic E-state index is 12.6. The highest BCUT2D eigenvalue weighted by Crippen LogP contribution is 2.31. The van der Waals surface area contributed by atoms with Crippen molar-refractivity contribution in [2.45, 2.75) is 45.1 Å². The molecule has 1 N–H and O–H groups in total. The smallest absolute Gasteiger partial charge is 0.317 e. The van der Waals surface area contributed by atoms with Gasteiger partial charge in [-0.1, -0.05) is 37.3 Å². The van der Waals surface area contributed by atoms with Crippen molar-refractivity contribution in [3.63, 3.8) is 0 Å². The number of benzene rings is 1. The van der Waals surface area contributed by atoms with Crippen LogP contribution in [0.4, 0.5) is 4.79 Å². The van der Waals surface area contributed by atoms with Crippen LogP contribution in [-0.4, -0.2) is 54.0 Å². The van der Waals surface area contributed by atoms with Gasteiger partial charge >= 0.3 is 6.03 Å². The summed E-state index contributed by atoms with van der Waals surface area (Å²) in [4.78, 5) is 28.7. The highest BCUT2D eigenvalue weighted by Gasteiger charge is 2.34. The SMILES string of the molecule is CC[C@H](Cc1ccccc1)NC(=O)N1CCCN(C(=O)C2CC2)CC1. The molecule has 0 radical (unpaired) electrons. The zero-order valence-corrected chi connectivity index (χ0v) is 15.1. The molecular formula is C20H29N3O2. The third-order valence-corrected chi connectivity index (χ3v) is 5.17. The lowest BCUT2D eigenvalue weighted by Crippen LogP contribution is -2.47. The zero-order valence-electron chi connectivity index (χ0n) is 15.1. The second-order valence-electron chi connectivity index (χ2n) is 7.18. The van der Waals surface area contributed by atoms with Gasteiger partial charge in [0.05, 0.1) is 0 Å². The van der Waals surface area contributed by atoms with Gasteiger partial charge in [-0.05, 0) is 37.7 Å². The molecule has 3 amide bonds. The van der Waals surface area contributed by atoms with Crippen molar-refractivity contribution in [3.05, 3.63) is 35.9 Å². The van der Waals surface area contributed by atoms with Gasteiger partial charge < -0.3 is 15.1 Å². The molecule has 3 rings (SSSR count). The van der Waals surface area contributed by atoms with Gasteiger partial charge in [0.15, 0.2) is 0 Å². The van der Waals surface area contributed by atoms with Crippen molar-refractivity contribution in [3.8, 4) is 0 Å². The second-order valence-corrected chi connectivity index (χ2v) is 7.18. The summed E-state index contributed by atoms with van der Waals surface area (Å²) in [7, 11) is 0. The van der Waals surface area contributed by atoms with Crippen molar-refractivity contribution in [1.29, 1.82) is 0 Å². The minimum atomic E-state index is 0.00324. The fourth-order valence-electron chi connectivity index (χ4n) is 3.39. The van der Waals surface area contributed by atoms with Gasteiger partial charge in [-0.3, -0.25) is 4.79 Å². The molecule has 2 fully saturated rings. The summed E-state index contributed by atoms with van der Waals surface area (Å²) in [6.07, 6.45) is 4.69. The molecule has 0 aromatic heterocycles. The van der Waals surface area contributed by atoms with Crippen LogP contribution < -0.4 is 5.32 Å². The first kappa shape index (κ1) is 17.8. The molecule has 0 unspecified atom stereocenters. The number of carbonyl (C=O) groups is 2. The number of nitrogens with zero attached hydrogens (tertiary/aromatic N) is 2. The molecule has 1 aromatic rings. The lowest BCUT2D eigenvalue weighted by Gasteiger charge is -2.25. The average molecular weight is 343 g/mol. The second kappa shape index (κ2) is 8.37. The maximum Gasteiger partial charge on any atom is 0.317 e. The Hall–Kier alpha value is -2.04. The number of nitrogens with one attached hydrogen (secondary N) is 1. The molecule has 1 aliphatic heterocycles. The van der Waals surface area contributed by atoms with E-state index >= 15 is 0 Å². The number of rotatable bonds is 5. The van der Waals surface area contributed by atoms with Gasteiger partial charge in [-0.2, -0.15) is 0 Å². The Labute approximate surface area is 150 Å². The first-order valence-corrected chi connectivity index (χ1v) is 9.55. The summed E-state index contributed by atoms with van der Waals surface area (Å²) in [5.74, 6) is 0.550. The zero-order chi connectivity index (χ0) is 17.6. The van der Waals surface area contributed by atoms with E-state index in [1.165, 1.54) is 5.56 Å². The van der Waals surface area contributed by atoms with Crippen molar-refractivity contribution in [2.75, 3.05) is 26.2 Å². The van der Waals surface area contributed by atoms with Crippen LogP contribution in [0.25, 0.3) is 0 Å². The van der Waals surface area contributed by atoms with Gasteiger partial charge in [-0.25, -0.2) is 4.79 Å². The molecule has 0 bridgehead atoms. The van der Waals surface area contributed by atoms with Crippen molar-refractivity contribution in [1.82, 2.24) is 15.1 Å². The standard InChI is InChI=1S/C20H29N3O2/c1-2-18(15-16-7-4-3-5-8-16)21-20(25)23-12-6-11-22(13-14-23)19(24)17-9-10-17/h3-5,7-8,17-18H,2,6,9-15H2,1H3,(H,21,25)/t18-/m1/s1. The fraction of sp³-hybridized carbons (Fsp3) is 0.600. The van der Waals surface area contributed by atoms with E-state index in [0.717, 1.165) is 45.2 Å². The Morgan fingerprint density at radius 1 is 1.08 bits per heavy atom. The number of urea groups is 1. The van der Waals surface area contributed by atoms with E-state index in [-0.39, 0.29) is 23.9 Å². The van der Waals surface area contributed by atoms with Crippen LogP contribution >= 0.6 is 0 Å². The third kappa shape index (κ3) is 4.97. The van der Waals surface area contributed by atoms with Crippen molar-refractivity contribution >= 4 is 11.9 Å². The molecule has 1 atom stereocenters. The first-order valence-electron chi connectivity index (χ1n) is 9.55. The molecule has 136 valence electrons. The van der Waals surface area contributed by atoms with E-state index in [2.05, 4.69) is 24.4 Å². The van der Waals surface area contributed by atoms with Gasteiger partial charge in [0.1, 0.15) is 0 Å². The Kier molecular flexibility index (Phi) is 5.95. The Balaban J connectivity index is 1.50. The minimum absolute atomic E-state index is 0.00324. The lowest BCUT2D eigenvalue weighted by atomic mass is 10.0. The average Bonchev–Trinajstić information content (AvgIpc) is 3.47. The molecule has 25 heavy (non-hydrogen) atoms. The monoisotopic (exact) mass is 343 g/mol. The Morgan fingerprint density at radius 3 is 2.44 bits per heavy atom. The first-order chi connectivity index (χ1) is 12.2. The normalized spacial score (nSPS) is 19.2. The highest BCUT2D eigenvalue weighted by molar-refractivity contribution is 5.81. The summed E-state index contributed by atoms with van der Waals surface area (Å²) in [6, 6.07) is 10.4. The minimum Gasteiger partial charge on any atom is -0.341 e. The van der Waals surface area contributed by atoms with E-state index in [0.29, 0.717) is 13.1 Å². The van der Waals surface area contributed by atoms with Crippen LogP contribution in [0.2, 0.25) is 0 Å². The summed E-state index contributed by atoms with van der Waals surface area (Å²) in [6.45, 7) is 4.90. The molecule has 5 heteroatoms. The largest absolute Gasteiger partial charge is 0.341 e. The van der Waals surface area contributed by atoms with E-state index in [4.69, 9.17) is 0 Å². The molecule has 1 saturated carbocycles.